The maximum Gasteiger partial charge on any atom is 0.290 e. The lowest BCUT2D eigenvalue weighted by Gasteiger charge is -2.31. The monoisotopic (exact) mass is 435 g/mol. The van der Waals surface area contributed by atoms with E-state index in [4.69, 9.17) is 8.83 Å². The number of furan rings is 2. The van der Waals surface area contributed by atoms with Crippen LogP contribution >= 0.6 is 0 Å². The summed E-state index contributed by atoms with van der Waals surface area (Å²) < 4.78 is 10.9. The van der Waals surface area contributed by atoms with Crippen LogP contribution in [0, 0.1) is 0 Å². The number of anilines is 1. The van der Waals surface area contributed by atoms with E-state index in [-0.39, 0.29) is 30.2 Å². The van der Waals surface area contributed by atoms with Gasteiger partial charge in [0.15, 0.2) is 5.76 Å². The van der Waals surface area contributed by atoms with E-state index < -0.39 is 6.04 Å². The van der Waals surface area contributed by atoms with E-state index in [1.165, 1.54) is 11.2 Å². The van der Waals surface area contributed by atoms with Gasteiger partial charge in [-0.2, -0.15) is 0 Å². The van der Waals surface area contributed by atoms with Crippen LogP contribution in [0.15, 0.2) is 69.9 Å². The Morgan fingerprint density at radius 1 is 1.00 bits per heavy atom. The van der Waals surface area contributed by atoms with Crippen LogP contribution in [0.4, 0.5) is 5.69 Å². The van der Waals surface area contributed by atoms with Crippen LogP contribution in [-0.2, 0) is 11.3 Å². The second-order valence-corrected chi connectivity index (χ2v) is 8.37. The highest BCUT2D eigenvalue weighted by atomic mass is 16.3. The van der Waals surface area contributed by atoms with Gasteiger partial charge in [0.1, 0.15) is 11.8 Å². The molecule has 1 atom stereocenters. The van der Waals surface area contributed by atoms with Crippen molar-refractivity contribution in [3.05, 3.63) is 78.1 Å². The molecule has 2 aromatic heterocycles. The van der Waals surface area contributed by atoms with Gasteiger partial charge < -0.3 is 24.0 Å². The van der Waals surface area contributed by atoms with Crippen molar-refractivity contribution in [2.24, 2.45) is 0 Å². The fourth-order valence-corrected chi connectivity index (χ4v) is 4.17. The molecule has 2 amide bonds. The van der Waals surface area contributed by atoms with Gasteiger partial charge in [-0.3, -0.25) is 9.59 Å². The molecule has 7 nitrogen and oxygen atoms in total. The SMILES string of the molecule is CN(C)c1ccc([C@H](C(=O)NC2CCCC2)N(Cc2ccco2)C(=O)c2ccco2)cc1. The molecule has 4 rings (SSSR count). The number of carbonyl (C=O) groups excluding carboxylic acids is 2. The summed E-state index contributed by atoms with van der Waals surface area (Å²) in [6.07, 6.45) is 7.15. The van der Waals surface area contributed by atoms with Gasteiger partial charge in [-0.1, -0.05) is 25.0 Å². The van der Waals surface area contributed by atoms with E-state index in [1.54, 1.807) is 30.5 Å². The first-order chi connectivity index (χ1) is 15.5. The quantitative estimate of drug-likeness (QED) is 0.568. The largest absolute Gasteiger partial charge is 0.467 e. The summed E-state index contributed by atoms with van der Waals surface area (Å²) in [5.74, 6) is 0.212. The van der Waals surface area contributed by atoms with Crippen molar-refractivity contribution in [2.45, 2.75) is 44.3 Å². The highest BCUT2D eigenvalue weighted by Crippen LogP contribution is 2.29. The molecule has 1 aliphatic rings. The maximum absolute atomic E-state index is 13.6. The topological polar surface area (TPSA) is 78.9 Å². The van der Waals surface area contributed by atoms with E-state index in [9.17, 15) is 9.59 Å². The predicted octanol–water partition coefficient (Wildman–Crippen LogP) is 4.38. The Hall–Kier alpha value is -3.48. The number of benzene rings is 1. The molecule has 7 heteroatoms. The zero-order chi connectivity index (χ0) is 22.5. The van der Waals surface area contributed by atoms with Crippen molar-refractivity contribution in [3.8, 4) is 0 Å². The van der Waals surface area contributed by atoms with Gasteiger partial charge in [0.05, 0.1) is 19.1 Å². The lowest BCUT2D eigenvalue weighted by Crippen LogP contribution is -2.45. The molecule has 0 saturated heterocycles. The van der Waals surface area contributed by atoms with Crippen LogP contribution in [0.3, 0.4) is 0 Å². The second-order valence-electron chi connectivity index (χ2n) is 8.37. The smallest absolute Gasteiger partial charge is 0.290 e. The average Bonchev–Trinajstić information content (AvgIpc) is 3.56. The highest BCUT2D eigenvalue weighted by molar-refractivity contribution is 5.96. The Morgan fingerprint density at radius 3 is 2.28 bits per heavy atom. The summed E-state index contributed by atoms with van der Waals surface area (Å²) in [4.78, 5) is 30.6. The maximum atomic E-state index is 13.6. The summed E-state index contributed by atoms with van der Waals surface area (Å²) in [7, 11) is 3.92. The third-order valence-electron chi connectivity index (χ3n) is 5.89. The third-order valence-corrected chi connectivity index (χ3v) is 5.89. The number of nitrogens with zero attached hydrogens (tertiary/aromatic N) is 2. The lowest BCUT2D eigenvalue weighted by atomic mass is 10.0. The molecule has 1 N–H and O–H groups in total. The Kier molecular flexibility index (Phi) is 6.63. The van der Waals surface area contributed by atoms with Crippen LogP contribution in [0.2, 0.25) is 0 Å². The standard InChI is InChI=1S/C25H29N3O4/c1-27(2)20-13-11-18(12-14-20)23(24(29)26-19-7-3-4-8-19)28(17-21-9-5-15-31-21)25(30)22-10-6-16-32-22/h5-6,9-16,19,23H,3-4,7-8,17H2,1-2H3,(H,26,29)/t23-/m1/s1. The van der Waals surface area contributed by atoms with Gasteiger partial charge in [0.25, 0.3) is 5.91 Å². The fraction of sp³-hybridized carbons (Fsp3) is 0.360. The van der Waals surface area contributed by atoms with Gasteiger partial charge in [0.2, 0.25) is 5.91 Å². The van der Waals surface area contributed by atoms with Crippen molar-refractivity contribution in [1.82, 2.24) is 10.2 Å². The number of nitrogens with one attached hydrogen (secondary N) is 1. The van der Waals surface area contributed by atoms with Gasteiger partial charge in [-0.15, -0.1) is 0 Å². The minimum Gasteiger partial charge on any atom is -0.467 e. The molecule has 32 heavy (non-hydrogen) atoms. The number of amides is 2. The highest BCUT2D eigenvalue weighted by Gasteiger charge is 2.35. The molecule has 0 radical (unpaired) electrons. The summed E-state index contributed by atoms with van der Waals surface area (Å²) in [5, 5.41) is 3.17. The first-order valence-electron chi connectivity index (χ1n) is 11.0. The number of carbonyl (C=O) groups is 2. The van der Waals surface area contributed by atoms with Gasteiger partial charge in [-0.25, -0.2) is 0 Å². The Bertz CT molecular complexity index is 1000. The fourth-order valence-electron chi connectivity index (χ4n) is 4.17. The molecule has 168 valence electrons. The third kappa shape index (κ3) is 4.88. The summed E-state index contributed by atoms with van der Waals surface area (Å²) >= 11 is 0. The van der Waals surface area contributed by atoms with Gasteiger partial charge in [-0.05, 0) is 54.8 Å². The molecule has 0 aliphatic heterocycles. The number of rotatable bonds is 8. The lowest BCUT2D eigenvalue weighted by molar-refractivity contribution is -0.126. The van der Waals surface area contributed by atoms with Crippen molar-refractivity contribution in [3.63, 3.8) is 0 Å². The van der Waals surface area contributed by atoms with Crippen LogP contribution in [0.25, 0.3) is 0 Å². The predicted molar refractivity (Wildman–Crippen MR) is 121 cm³/mol. The zero-order valence-electron chi connectivity index (χ0n) is 18.5. The van der Waals surface area contributed by atoms with E-state index in [0.717, 1.165) is 36.9 Å². The molecule has 1 fully saturated rings. The first-order valence-corrected chi connectivity index (χ1v) is 11.0. The summed E-state index contributed by atoms with van der Waals surface area (Å²) in [6.45, 7) is 0.144. The van der Waals surface area contributed by atoms with Crippen molar-refractivity contribution >= 4 is 17.5 Å². The normalized spacial score (nSPS) is 14.8. The summed E-state index contributed by atoms with van der Waals surface area (Å²) in [6, 6.07) is 13.9. The van der Waals surface area contributed by atoms with E-state index in [2.05, 4.69) is 5.32 Å². The molecule has 2 heterocycles. The molecular formula is C25H29N3O4. The van der Waals surface area contributed by atoms with E-state index >= 15 is 0 Å². The van der Waals surface area contributed by atoms with E-state index in [0.29, 0.717) is 5.76 Å². The van der Waals surface area contributed by atoms with Gasteiger partial charge in [0, 0.05) is 25.8 Å². The van der Waals surface area contributed by atoms with Crippen molar-refractivity contribution in [2.75, 3.05) is 19.0 Å². The molecule has 1 aliphatic carbocycles. The second kappa shape index (κ2) is 9.77. The molecule has 3 aromatic rings. The van der Waals surface area contributed by atoms with E-state index in [1.807, 2.05) is 43.3 Å². The molecule has 1 aromatic carbocycles. The van der Waals surface area contributed by atoms with Crippen molar-refractivity contribution in [1.29, 1.82) is 0 Å². The Balaban J connectivity index is 1.72. The number of hydrogen-bond donors (Lipinski definition) is 1. The molecule has 0 spiro atoms. The molecule has 0 unspecified atom stereocenters. The van der Waals surface area contributed by atoms with Crippen LogP contribution < -0.4 is 10.2 Å². The minimum absolute atomic E-state index is 0.134. The average molecular weight is 436 g/mol. The van der Waals surface area contributed by atoms with Crippen LogP contribution in [0.1, 0.15) is 53.6 Å². The molecule has 1 saturated carbocycles. The Labute approximate surface area is 188 Å². The molecule has 0 bridgehead atoms. The molecular weight excluding hydrogens is 406 g/mol. The first kappa shape index (κ1) is 21.7. The van der Waals surface area contributed by atoms with Crippen molar-refractivity contribution < 1.29 is 18.4 Å². The van der Waals surface area contributed by atoms with Crippen LogP contribution in [-0.4, -0.2) is 36.9 Å². The zero-order valence-corrected chi connectivity index (χ0v) is 18.5. The van der Waals surface area contributed by atoms with Gasteiger partial charge >= 0.3 is 0 Å². The minimum atomic E-state index is -0.825. The Morgan fingerprint density at radius 2 is 1.69 bits per heavy atom. The number of hydrogen-bond acceptors (Lipinski definition) is 5. The van der Waals surface area contributed by atoms with Crippen LogP contribution in [0.5, 0.6) is 0 Å². The summed E-state index contributed by atoms with van der Waals surface area (Å²) in [5.41, 5.74) is 1.75.